The Kier molecular flexibility index (Phi) is 10.4. The van der Waals surface area contributed by atoms with Crippen LogP contribution in [0, 0.1) is 5.92 Å². The molecule has 0 saturated carbocycles. The smallest absolute Gasteiger partial charge is 0.190 e. The van der Waals surface area contributed by atoms with Crippen molar-refractivity contribution in [2.24, 2.45) is 10.9 Å². The predicted octanol–water partition coefficient (Wildman–Crippen LogP) is 3.21. The van der Waals surface area contributed by atoms with Gasteiger partial charge in [0.1, 0.15) is 5.75 Å². The van der Waals surface area contributed by atoms with Gasteiger partial charge in [0.15, 0.2) is 5.96 Å². The maximum Gasteiger partial charge on any atom is 0.190 e. The number of ether oxygens (including phenoxy) is 1. The number of nitrogens with one attached hydrogen (secondary N) is 2. The highest BCUT2D eigenvalue weighted by molar-refractivity contribution is 14.0. The topological polar surface area (TPSA) is 63.5 Å². The summed E-state index contributed by atoms with van der Waals surface area (Å²) in [6.07, 6.45) is 4.58. The maximum atomic E-state index is 6.27. The van der Waals surface area contributed by atoms with E-state index in [0.29, 0.717) is 5.92 Å². The molecule has 0 fully saturated rings. The van der Waals surface area contributed by atoms with Gasteiger partial charge >= 0.3 is 0 Å². The second kappa shape index (κ2) is 12.0. The number of aromatic nitrogens is 2. The van der Waals surface area contributed by atoms with Crippen molar-refractivity contribution in [2.45, 2.75) is 19.9 Å². The van der Waals surface area contributed by atoms with E-state index in [1.54, 1.807) is 20.4 Å². The number of methoxy groups -OCH3 is 1. The second-order valence-corrected chi connectivity index (χ2v) is 6.33. The molecule has 0 aliphatic carbocycles. The average Bonchev–Trinajstić information content (AvgIpc) is 3.11. The van der Waals surface area contributed by atoms with E-state index in [1.807, 2.05) is 35.1 Å². The number of guanidine groups is 1. The summed E-state index contributed by atoms with van der Waals surface area (Å²) in [6, 6.07) is 7.68. The normalized spacial score (nSPS) is 12.2. The van der Waals surface area contributed by atoms with Crippen LogP contribution < -0.4 is 15.4 Å². The number of aliphatic imine (C=N–C) groups is 1. The van der Waals surface area contributed by atoms with E-state index in [1.165, 1.54) is 0 Å². The number of benzene rings is 1. The molecule has 0 radical (unpaired) electrons. The molecule has 2 N–H and O–H groups in total. The fourth-order valence-corrected chi connectivity index (χ4v) is 2.72. The highest BCUT2D eigenvalue weighted by Gasteiger charge is 2.06. The van der Waals surface area contributed by atoms with E-state index in [-0.39, 0.29) is 24.0 Å². The molecule has 0 spiro atoms. The lowest BCUT2D eigenvalue weighted by Gasteiger charge is -2.16. The summed E-state index contributed by atoms with van der Waals surface area (Å²) in [7, 11) is 3.41. The average molecular weight is 492 g/mol. The molecule has 1 heterocycles. The third kappa shape index (κ3) is 7.41. The van der Waals surface area contributed by atoms with Gasteiger partial charge in [0, 0.05) is 44.1 Å². The first kappa shape index (κ1) is 22.6. The van der Waals surface area contributed by atoms with E-state index in [4.69, 9.17) is 16.3 Å². The van der Waals surface area contributed by atoms with Crippen LogP contribution in [0.3, 0.4) is 0 Å². The molecule has 0 amide bonds. The Balaban J connectivity index is 0.00000338. The van der Waals surface area contributed by atoms with Gasteiger partial charge in [-0.2, -0.15) is 5.10 Å². The summed E-state index contributed by atoms with van der Waals surface area (Å²) in [5.41, 5.74) is 1.08. The van der Waals surface area contributed by atoms with Gasteiger partial charge in [0.2, 0.25) is 0 Å². The van der Waals surface area contributed by atoms with Gasteiger partial charge in [-0.05, 0) is 36.1 Å². The molecule has 0 aliphatic rings. The first-order valence-electron chi connectivity index (χ1n) is 8.36. The van der Waals surface area contributed by atoms with E-state index in [0.717, 1.165) is 48.4 Å². The fourth-order valence-electron chi connectivity index (χ4n) is 2.46. The monoisotopic (exact) mass is 491 g/mol. The molecule has 2 aromatic rings. The molecule has 26 heavy (non-hydrogen) atoms. The maximum absolute atomic E-state index is 6.27. The minimum absolute atomic E-state index is 0. The van der Waals surface area contributed by atoms with Crippen LogP contribution in [0.25, 0.3) is 0 Å². The molecule has 8 heteroatoms. The van der Waals surface area contributed by atoms with Gasteiger partial charge < -0.3 is 15.4 Å². The Bertz CT molecular complexity index is 678. The number of hydrogen-bond donors (Lipinski definition) is 2. The van der Waals surface area contributed by atoms with Crippen LogP contribution in [0.1, 0.15) is 12.5 Å². The first-order valence-corrected chi connectivity index (χ1v) is 8.74. The van der Waals surface area contributed by atoms with Crippen LogP contribution in [-0.2, 0) is 13.0 Å². The first-order chi connectivity index (χ1) is 12.1. The Hall–Kier alpha value is -1.48. The zero-order valence-corrected chi connectivity index (χ0v) is 18.5. The molecular formula is C18H27ClIN5O. The summed E-state index contributed by atoms with van der Waals surface area (Å²) < 4.78 is 7.11. The molecular weight excluding hydrogens is 465 g/mol. The third-order valence-corrected chi connectivity index (χ3v) is 4.20. The summed E-state index contributed by atoms with van der Waals surface area (Å²) in [4.78, 5) is 4.26. The molecule has 144 valence electrons. The van der Waals surface area contributed by atoms with E-state index >= 15 is 0 Å². The van der Waals surface area contributed by atoms with Crippen molar-refractivity contribution in [3.8, 4) is 5.75 Å². The number of hydrogen-bond acceptors (Lipinski definition) is 3. The number of nitrogens with zero attached hydrogens (tertiary/aromatic N) is 3. The van der Waals surface area contributed by atoms with Gasteiger partial charge in [0.05, 0.1) is 7.11 Å². The van der Waals surface area contributed by atoms with Crippen LogP contribution in [0.2, 0.25) is 5.02 Å². The molecule has 0 bridgehead atoms. The molecule has 1 aromatic carbocycles. The number of rotatable bonds is 8. The van der Waals surface area contributed by atoms with Crippen molar-refractivity contribution >= 4 is 41.5 Å². The van der Waals surface area contributed by atoms with Gasteiger partial charge in [-0.15, -0.1) is 24.0 Å². The third-order valence-electron chi connectivity index (χ3n) is 3.85. The SMILES string of the molecule is CN=C(NCCc1ccc(OC)cc1Cl)NCC(C)Cn1cccn1.I. The zero-order valence-electron chi connectivity index (χ0n) is 15.4. The van der Waals surface area contributed by atoms with Gasteiger partial charge in [0.25, 0.3) is 0 Å². The van der Waals surface area contributed by atoms with Gasteiger partial charge in [-0.1, -0.05) is 24.6 Å². The summed E-state index contributed by atoms with van der Waals surface area (Å²) in [5.74, 6) is 2.00. The lowest BCUT2D eigenvalue weighted by molar-refractivity contribution is 0.414. The van der Waals surface area contributed by atoms with Crippen LogP contribution in [0.15, 0.2) is 41.7 Å². The van der Waals surface area contributed by atoms with Crippen molar-refractivity contribution in [1.82, 2.24) is 20.4 Å². The minimum atomic E-state index is 0. The lowest BCUT2D eigenvalue weighted by atomic mass is 10.1. The molecule has 1 atom stereocenters. The van der Waals surface area contributed by atoms with Crippen molar-refractivity contribution < 1.29 is 4.74 Å². The summed E-state index contributed by atoms with van der Waals surface area (Å²) >= 11 is 6.27. The van der Waals surface area contributed by atoms with Crippen LogP contribution in [0.4, 0.5) is 0 Å². The molecule has 6 nitrogen and oxygen atoms in total. The standard InChI is InChI=1S/C18H26ClN5O.HI/c1-14(13-24-10-4-8-23-24)12-22-18(20-2)21-9-7-15-5-6-16(25-3)11-17(15)19;/h4-6,8,10-11,14H,7,9,12-13H2,1-3H3,(H2,20,21,22);1H. The van der Waals surface area contributed by atoms with Crippen molar-refractivity contribution in [2.75, 3.05) is 27.2 Å². The van der Waals surface area contributed by atoms with Crippen LogP contribution >= 0.6 is 35.6 Å². The molecule has 1 aromatic heterocycles. The molecule has 0 aliphatic heterocycles. The van der Waals surface area contributed by atoms with E-state index in [2.05, 4.69) is 27.6 Å². The predicted molar refractivity (Wildman–Crippen MR) is 118 cm³/mol. The summed E-state index contributed by atoms with van der Waals surface area (Å²) in [6.45, 7) is 4.62. The zero-order chi connectivity index (χ0) is 18.1. The van der Waals surface area contributed by atoms with Crippen molar-refractivity contribution in [3.05, 3.63) is 47.2 Å². The quantitative estimate of drug-likeness (QED) is 0.338. The Morgan fingerprint density at radius 1 is 1.38 bits per heavy atom. The molecule has 2 rings (SSSR count). The van der Waals surface area contributed by atoms with Crippen LogP contribution in [-0.4, -0.2) is 43.0 Å². The Morgan fingerprint density at radius 3 is 2.81 bits per heavy atom. The molecule has 1 unspecified atom stereocenters. The Morgan fingerprint density at radius 2 is 2.19 bits per heavy atom. The van der Waals surface area contributed by atoms with Crippen molar-refractivity contribution in [1.29, 1.82) is 0 Å². The van der Waals surface area contributed by atoms with Gasteiger partial charge in [-0.25, -0.2) is 0 Å². The largest absolute Gasteiger partial charge is 0.497 e. The second-order valence-electron chi connectivity index (χ2n) is 5.92. The minimum Gasteiger partial charge on any atom is -0.497 e. The van der Waals surface area contributed by atoms with Gasteiger partial charge in [-0.3, -0.25) is 9.67 Å². The van der Waals surface area contributed by atoms with E-state index < -0.39 is 0 Å². The van der Waals surface area contributed by atoms with E-state index in [9.17, 15) is 0 Å². The fraction of sp³-hybridized carbons (Fsp3) is 0.444. The molecule has 0 saturated heterocycles. The van der Waals surface area contributed by atoms with Crippen LogP contribution in [0.5, 0.6) is 5.75 Å². The lowest BCUT2D eigenvalue weighted by Crippen LogP contribution is -2.40. The number of halogens is 2. The van der Waals surface area contributed by atoms with Crippen molar-refractivity contribution in [3.63, 3.8) is 0 Å². The summed E-state index contributed by atoms with van der Waals surface area (Å²) in [5, 5.41) is 11.6. The highest BCUT2D eigenvalue weighted by atomic mass is 127. The Labute approximate surface area is 177 Å². The highest BCUT2D eigenvalue weighted by Crippen LogP contribution is 2.22.